The molecule has 2 N–H and O–H groups in total. The maximum atomic E-state index is 13.7. The Labute approximate surface area is 143 Å². The van der Waals surface area contributed by atoms with Crippen LogP contribution < -0.4 is 4.72 Å². The first-order valence-corrected chi connectivity index (χ1v) is 9.06. The molecule has 0 saturated carbocycles. The normalized spacial score (nSPS) is 12.4. The third-order valence-corrected chi connectivity index (χ3v) is 5.25. The molecular weight excluding hydrogens is 347 g/mol. The van der Waals surface area contributed by atoms with Gasteiger partial charge in [0.15, 0.2) is 10.8 Å². The van der Waals surface area contributed by atoms with Crippen molar-refractivity contribution in [3.63, 3.8) is 0 Å². The fraction of sp³-hybridized carbons (Fsp3) is 0. The standard InChI is InChI=1S/C16H11FN4OS2/c17-11-3-1-2-4-12(11)21-24(22)10-5-6-13-14(9-10)20-15(19-13)16-18-7-8-23-16/h1-9,21H,(H,19,20). The number of nitrogens with one attached hydrogen (secondary N) is 2. The summed E-state index contributed by atoms with van der Waals surface area (Å²) in [5.41, 5.74) is 1.71. The van der Waals surface area contributed by atoms with Gasteiger partial charge in [-0.15, -0.1) is 11.3 Å². The second-order valence-electron chi connectivity index (χ2n) is 4.95. The molecular formula is C16H11FN4OS2. The molecule has 0 aliphatic rings. The van der Waals surface area contributed by atoms with E-state index < -0.39 is 16.8 Å². The number of rotatable bonds is 4. The summed E-state index contributed by atoms with van der Waals surface area (Å²) in [6.45, 7) is 0. The Morgan fingerprint density at radius 2 is 2.08 bits per heavy atom. The second-order valence-corrected chi connectivity index (χ2v) is 7.06. The van der Waals surface area contributed by atoms with Crippen LogP contribution in [0.3, 0.4) is 0 Å². The fourth-order valence-electron chi connectivity index (χ4n) is 2.25. The van der Waals surface area contributed by atoms with Crippen molar-refractivity contribution < 1.29 is 8.60 Å². The van der Waals surface area contributed by atoms with E-state index in [-0.39, 0.29) is 5.69 Å². The SMILES string of the molecule is O=S(Nc1ccccc1F)c1ccc2nc(-c3nccs3)[nH]c2c1. The van der Waals surface area contributed by atoms with Crippen molar-refractivity contribution in [3.8, 4) is 10.8 Å². The van der Waals surface area contributed by atoms with Crippen molar-refractivity contribution in [2.75, 3.05) is 4.72 Å². The topological polar surface area (TPSA) is 70.7 Å². The average molecular weight is 358 g/mol. The molecule has 0 fully saturated rings. The molecule has 5 nitrogen and oxygen atoms in total. The lowest BCUT2D eigenvalue weighted by atomic mass is 10.3. The molecule has 0 radical (unpaired) electrons. The van der Waals surface area contributed by atoms with E-state index in [1.807, 2.05) is 5.38 Å². The zero-order valence-electron chi connectivity index (χ0n) is 12.2. The first kappa shape index (κ1) is 15.0. The molecule has 0 spiro atoms. The lowest BCUT2D eigenvalue weighted by molar-refractivity contribution is 0.631. The molecule has 0 bridgehead atoms. The molecule has 8 heteroatoms. The molecule has 4 aromatic rings. The Balaban J connectivity index is 1.65. The quantitative estimate of drug-likeness (QED) is 0.580. The van der Waals surface area contributed by atoms with Gasteiger partial charge >= 0.3 is 0 Å². The highest BCUT2D eigenvalue weighted by molar-refractivity contribution is 7.86. The number of benzene rings is 2. The summed E-state index contributed by atoms with van der Waals surface area (Å²) in [5.74, 6) is 0.226. The molecule has 0 aliphatic carbocycles. The van der Waals surface area contributed by atoms with Crippen LogP contribution >= 0.6 is 11.3 Å². The van der Waals surface area contributed by atoms with Gasteiger partial charge in [-0.3, -0.25) is 4.72 Å². The summed E-state index contributed by atoms with van der Waals surface area (Å²) in [5, 5.41) is 2.67. The van der Waals surface area contributed by atoms with E-state index >= 15 is 0 Å². The third kappa shape index (κ3) is 2.81. The summed E-state index contributed by atoms with van der Waals surface area (Å²) in [7, 11) is -1.58. The lowest BCUT2D eigenvalue weighted by Gasteiger charge is -2.06. The largest absolute Gasteiger partial charge is 0.336 e. The van der Waals surface area contributed by atoms with Crippen LogP contribution in [0.2, 0.25) is 0 Å². The smallest absolute Gasteiger partial charge is 0.167 e. The number of thiazole rings is 1. The van der Waals surface area contributed by atoms with E-state index in [0.717, 1.165) is 16.0 Å². The number of aromatic nitrogens is 3. The molecule has 2 aromatic carbocycles. The molecule has 120 valence electrons. The zero-order valence-corrected chi connectivity index (χ0v) is 13.8. The van der Waals surface area contributed by atoms with Crippen LogP contribution in [0.25, 0.3) is 21.9 Å². The number of H-pyrrole nitrogens is 1. The third-order valence-electron chi connectivity index (χ3n) is 3.38. The van der Waals surface area contributed by atoms with E-state index in [2.05, 4.69) is 19.7 Å². The van der Waals surface area contributed by atoms with E-state index in [1.165, 1.54) is 17.4 Å². The number of aromatic amines is 1. The van der Waals surface area contributed by atoms with Crippen LogP contribution in [0.15, 0.2) is 58.9 Å². The van der Waals surface area contributed by atoms with E-state index in [0.29, 0.717) is 10.7 Å². The number of anilines is 1. The van der Waals surface area contributed by atoms with Gasteiger partial charge in [-0.05, 0) is 30.3 Å². The van der Waals surface area contributed by atoms with Crippen molar-refractivity contribution in [2.24, 2.45) is 0 Å². The van der Waals surface area contributed by atoms with Crippen LogP contribution in [0.5, 0.6) is 0 Å². The summed E-state index contributed by atoms with van der Waals surface area (Å²) in [6, 6.07) is 11.4. The maximum absolute atomic E-state index is 13.7. The van der Waals surface area contributed by atoms with Crippen LogP contribution in [-0.4, -0.2) is 19.2 Å². The maximum Gasteiger partial charge on any atom is 0.167 e. The van der Waals surface area contributed by atoms with Crippen molar-refractivity contribution in [1.29, 1.82) is 0 Å². The van der Waals surface area contributed by atoms with Gasteiger partial charge in [0.2, 0.25) is 0 Å². The zero-order chi connectivity index (χ0) is 16.5. The van der Waals surface area contributed by atoms with Gasteiger partial charge in [0.1, 0.15) is 16.8 Å². The van der Waals surface area contributed by atoms with Gasteiger partial charge < -0.3 is 4.98 Å². The van der Waals surface area contributed by atoms with Crippen LogP contribution in [-0.2, 0) is 11.0 Å². The number of halogens is 1. The fourth-order valence-corrected chi connectivity index (χ4v) is 3.73. The van der Waals surface area contributed by atoms with E-state index in [1.54, 1.807) is 42.6 Å². The first-order valence-electron chi connectivity index (χ1n) is 7.03. The van der Waals surface area contributed by atoms with Gasteiger partial charge in [-0.2, -0.15) is 0 Å². The summed E-state index contributed by atoms with van der Waals surface area (Å²) in [4.78, 5) is 12.4. The van der Waals surface area contributed by atoms with Crippen molar-refractivity contribution in [2.45, 2.75) is 4.90 Å². The highest BCUT2D eigenvalue weighted by Gasteiger charge is 2.11. The number of hydrogen-bond donors (Lipinski definition) is 2. The van der Waals surface area contributed by atoms with Crippen molar-refractivity contribution in [3.05, 3.63) is 59.9 Å². The minimum absolute atomic E-state index is 0.198. The molecule has 2 aromatic heterocycles. The molecule has 24 heavy (non-hydrogen) atoms. The molecule has 0 amide bonds. The molecule has 1 atom stereocenters. The first-order chi connectivity index (χ1) is 11.7. The van der Waals surface area contributed by atoms with Gasteiger partial charge in [0.05, 0.1) is 21.6 Å². The summed E-state index contributed by atoms with van der Waals surface area (Å²) in [6.07, 6.45) is 1.71. The molecule has 1 unspecified atom stereocenters. The Kier molecular flexibility index (Phi) is 3.83. The van der Waals surface area contributed by atoms with Gasteiger partial charge in [0, 0.05) is 11.6 Å². The van der Waals surface area contributed by atoms with Crippen LogP contribution in [0.1, 0.15) is 0 Å². The predicted octanol–water partition coefficient (Wildman–Crippen LogP) is 3.96. The van der Waals surface area contributed by atoms with Gasteiger partial charge in [-0.25, -0.2) is 18.6 Å². The lowest BCUT2D eigenvalue weighted by Crippen LogP contribution is -2.06. The number of hydrogen-bond acceptors (Lipinski definition) is 4. The minimum atomic E-state index is -1.58. The predicted molar refractivity (Wildman–Crippen MR) is 93.6 cm³/mol. The summed E-state index contributed by atoms with van der Waals surface area (Å²) >= 11 is 1.49. The average Bonchev–Trinajstić information content (AvgIpc) is 3.25. The Morgan fingerprint density at radius 1 is 1.21 bits per heavy atom. The van der Waals surface area contributed by atoms with E-state index in [4.69, 9.17) is 0 Å². The van der Waals surface area contributed by atoms with Gasteiger partial charge in [0.25, 0.3) is 0 Å². The minimum Gasteiger partial charge on any atom is -0.336 e. The van der Waals surface area contributed by atoms with Crippen molar-refractivity contribution in [1.82, 2.24) is 15.0 Å². The summed E-state index contributed by atoms with van der Waals surface area (Å²) < 4.78 is 28.8. The molecule has 4 rings (SSSR count). The number of nitrogens with zero attached hydrogens (tertiary/aromatic N) is 2. The number of imidazole rings is 1. The highest BCUT2D eigenvalue weighted by atomic mass is 32.2. The number of fused-ring (bicyclic) bond motifs is 1. The Hall–Kier alpha value is -2.58. The number of para-hydroxylation sites is 1. The van der Waals surface area contributed by atoms with Crippen LogP contribution in [0.4, 0.5) is 10.1 Å². The molecule has 2 heterocycles. The van der Waals surface area contributed by atoms with E-state index in [9.17, 15) is 8.60 Å². The van der Waals surface area contributed by atoms with Crippen molar-refractivity contribution >= 4 is 39.0 Å². The Bertz CT molecular complexity index is 1030. The monoisotopic (exact) mass is 358 g/mol. The second kappa shape index (κ2) is 6.14. The molecule has 0 aliphatic heterocycles. The van der Waals surface area contributed by atoms with Gasteiger partial charge in [-0.1, -0.05) is 12.1 Å². The highest BCUT2D eigenvalue weighted by Crippen LogP contribution is 2.24. The Morgan fingerprint density at radius 3 is 2.88 bits per heavy atom. The van der Waals surface area contributed by atoms with Crippen LogP contribution in [0, 0.1) is 5.82 Å². The molecule has 0 saturated heterocycles.